The fourth-order valence-electron chi connectivity index (χ4n) is 2.31. The average molecular weight is 290 g/mol. The second-order valence-electron chi connectivity index (χ2n) is 5.31. The molecule has 1 aromatic carbocycles. The number of furan rings is 1. The van der Waals surface area contributed by atoms with E-state index in [2.05, 4.69) is 17.1 Å². The number of nitrogens with one attached hydrogen (secondary N) is 1. The predicted molar refractivity (Wildman–Crippen MR) is 82.4 cm³/mol. The topological polar surface area (TPSA) is 28.4 Å². The van der Waals surface area contributed by atoms with Crippen LogP contribution in [0.2, 0.25) is 0 Å². The third kappa shape index (κ3) is 4.16. The molecule has 0 aliphatic rings. The van der Waals surface area contributed by atoms with Crippen LogP contribution < -0.4 is 5.32 Å². The molecule has 2 aromatic rings. The van der Waals surface area contributed by atoms with E-state index in [9.17, 15) is 4.39 Å². The van der Waals surface area contributed by atoms with E-state index in [1.807, 2.05) is 32.2 Å². The Kier molecular flexibility index (Phi) is 5.53. The molecule has 0 saturated carbocycles. The second-order valence-corrected chi connectivity index (χ2v) is 5.31. The smallest absolute Gasteiger partial charge is 0.127 e. The Labute approximate surface area is 125 Å². The van der Waals surface area contributed by atoms with Crippen LogP contribution in [0.3, 0.4) is 0 Å². The SMILES string of the molecule is CCNCc1coc(CN(C)C(C)c2ccccc2F)c1. The molecule has 0 radical (unpaired) electrons. The van der Waals surface area contributed by atoms with Crippen molar-refractivity contribution in [1.29, 1.82) is 0 Å². The highest BCUT2D eigenvalue weighted by atomic mass is 19.1. The zero-order valence-corrected chi connectivity index (χ0v) is 12.9. The lowest BCUT2D eigenvalue weighted by atomic mass is 10.1. The Morgan fingerprint density at radius 3 is 2.81 bits per heavy atom. The lowest BCUT2D eigenvalue weighted by Gasteiger charge is -2.24. The molecule has 1 atom stereocenters. The standard InChI is InChI=1S/C17H23FN2O/c1-4-19-10-14-9-15(21-12-14)11-20(3)13(2)16-7-5-6-8-17(16)18/h5-9,12-13,19H,4,10-11H2,1-3H3. The van der Waals surface area contributed by atoms with Gasteiger partial charge in [-0.2, -0.15) is 0 Å². The van der Waals surface area contributed by atoms with Crippen LogP contribution in [0.5, 0.6) is 0 Å². The third-order valence-corrected chi connectivity index (χ3v) is 3.71. The Morgan fingerprint density at radius 2 is 2.10 bits per heavy atom. The molecule has 0 aliphatic heterocycles. The van der Waals surface area contributed by atoms with Gasteiger partial charge in [0.1, 0.15) is 11.6 Å². The molecule has 2 rings (SSSR count). The number of halogens is 1. The van der Waals surface area contributed by atoms with E-state index in [0.29, 0.717) is 12.1 Å². The molecular formula is C17H23FN2O. The van der Waals surface area contributed by atoms with Crippen molar-refractivity contribution in [2.24, 2.45) is 0 Å². The molecule has 1 unspecified atom stereocenters. The molecule has 3 nitrogen and oxygen atoms in total. The van der Waals surface area contributed by atoms with Gasteiger partial charge in [0, 0.05) is 23.7 Å². The Morgan fingerprint density at radius 1 is 1.33 bits per heavy atom. The molecule has 0 amide bonds. The van der Waals surface area contributed by atoms with Crippen LogP contribution in [-0.2, 0) is 13.1 Å². The van der Waals surface area contributed by atoms with E-state index in [0.717, 1.165) is 24.4 Å². The molecule has 0 aliphatic carbocycles. The van der Waals surface area contributed by atoms with E-state index in [1.165, 1.54) is 6.07 Å². The normalized spacial score (nSPS) is 12.8. The summed E-state index contributed by atoms with van der Waals surface area (Å²) in [7, 11) is 1.98. The van der Waals surface area contributed by atoms with E-state index in [-0.39, 0.29) is 11.9 Å². The van der Waals surface area contributed by atoms with Crippen LogP contribution in [0.15, 0.2) is 41.0 Å². The molecule has 114 valence electrons. The highest BCUT2D eigenvalue weighted by Crippen LogP contribution is 2.23. The molecule has 0 saturated heterocycles. The molecule has 1 heterocycles. The number of hydrogen-bond donors (Lipinski definition) is 1. The number of nitrogens with zero attached hydrogens (tertiary/aromatic N) is 1. The molecule has 4 heteroatoms. The summed E-state index contributed by atoms with van der Waals surface area (Å²) in [5.41, 5.74) is 1.85. The summed E-state index contributed by atoms with van der Waals surface area (Å²) in [5.74, 6) is 0.734. The minimum absolute atomic E-state index is 0.00600. The van der Waals surface area contributed by atoms with Crippen molar-refractivity contribution in [2.45, 2.75) is 33.0 Å². The summed E-state index contributed by atoms with van der Waals surface area (Å²) in [6.07, 6.45) is 1.78. The van der Waals surface area contributed by atoms with Crippen molar-refractivity contribution < 1.29 is 8.81 Å². The van der Waals surface area contributed by atoms with Gasteiger partial charge in [-0.1, -0.05) is 25.1 Å². The van der Waals surface area contributed by atoms with Gasteiger partial charge in [0.2, 0.25) is 0 Å². The molecule has 1 N–H and O–H groups in total. The number of benzene rings is 1. The van der Waals surface area contributed by atoms with Gasteiger partial charge in [-0.15, -0.1) is 0 Å². The van der Waals surface area contributed by atoms with Crippen LogP contribution in [0.1, 0.15) is 36.8 Å². The molecule has 0 fully saturated rings. The first kappa shape index (κ1) is 15.7. The first-order valence-electron chi connectivity index (χ1n) is 7.33. The quantitative estimate of drug-likeness (QED) is 0.842. The van der Waals surface area contributed by atoms with Crippen LogP contribution in [0.4, 0.5) is 4.39 Å². The van der Waals surface area contributed by atoms with Gasteiger partial charge in [-0.25, -0.2) is 4.39 Å². The molecule has 0 bridgehead atoms. The summed E-state index contributed by atoms with van der Waals surface area (Å²) in [5, 5.41) is 3.26. The third-order valence-electron chi connectivity index (χ3n) is 3.71. The minimum Gasteiger partial charge on any atom is -0.468 e. The summed E-state index contributed by atoms with van der Waals surface area (Å²) in [6.45, 7) is 6.48. The summed E-state index contributed by atoms with van der Waals surface area (Å²) in [6, 6.07) is 8.95. The summed E-state index contributed by atoms with van der Waals surface area (Å²) in [4.78, 5) is 2.08. The van der Waals surface area contributed by atoms with Crippen LogP contribution in [0, 0.1) is 5.82 Å². The highest BCUT2D eigenvalue weighted by molar-refractivity contribution is 5.21. The zero-order valence-electron chi connectivity index (χ0n) is 12.9. The summed E-state index contributed by atoms with van der Waals surface area (Å²) < 4.78 is 19.4. The van der Waals surface area contributed by atoms with Crippen molar-refractivity contribution >= 4 is 0 Å². The van der Waals surface area contributed by atoms with Crippen molar-refractivity contribution in [3.63, 3.8) is 0 Å². The van der Waals surface area contributed by atoms with Crippen molar-refractivity contribution in [3.8, 4) is 0 Å². The van der Waals surface area contributed by atoms with Gasteiger partial charge in [0.25, 0.3) is 0 Å². The fourth-order valence-corrected chi connectivity index (χ4v) is 2.31. The van der Waals surface area contributed by atoms with Crippen LogP contribution in [-0.4, -0.2) is 18.5 Å². The van der Waals surface area contributed by atoms with Crippen LogP contribution >= 0.6 is 0 Å². The maximum Gasteiger partial charge on any atom is 0.127 e. The Balaban J connectivity index is 1.99. The second kappa shape index (κ2) is 7.38. The highest BCUT2D eigenvalue weighted by Gasteiger charge is 2.16. The lowest BCUT2D eigenvalue weighted by Crippen LogP contribution is -2.22. The van der Waals surface area contributed by atoms with E-state index >= 15 is 0 Å². The molecule has 21 heavy (non-hydrogen) atoms. The van der Waals surface area contributed by atoms with Gasteiger partial charge in [0.05, 0.1) is 12.8 Å². The average Bonchev–Trinajstić information content (AvgIpc) is 2.92. The lowest BCUT2D eigenvalue weighted by molar-refractivity contribution is 0.228. The number of hydrogen-bond acceptors (Lipinski definition) is 3. The first-order chi connectivity index (χ1) is 10.1. The summed E-state index contributed by atoms with van der Waals surface area (Å²) >= 11 is 0. The van der Waals surface area contributed by atoms with Crippen molar-refractivity contribution in [1.82, 2.24) is 10.2 Å². The first-order valence-corrected chi connectivity index (χ1v) is 7.33. The maximum atomic E-state index is 13.8. The van der Waals surface area contributed by atoms with E-state index in [4.69, 9.17) is 4.42 Å². The minimum atomic E-state index is -0.163. The van der Waals surface area contributed by atoms with Gasteiger partial charge in [0.15, 0.2) is 0 Å². The molecule has 1 aromatic heterocycles. The molecular weight excluding hydrogens is 267 g/mol. The number of rotatable bonds is 7. The largest absolute Gasteiger partial charge is 0.468 e. The van der Waals surface area contributed by atoms with Crippen LogP contribution in [0.25, 0.3) is 0 Å². The maximum absolute atomic E-state index is 13.8. The van der Waals surface area contributed by atoms with E-state index in [1.54, 1.807) is 12.3 Å². The van der Waals surface area contributed by atoms with Gasteiger partial charge >= 0.3 is 0 Å². The Hall–Kier alpha value is -1.65. The van der Waals surface area contributed by atoms with Gasteiger partial charge < -0.3 is 9.73 Å². The molecule has 0 spiro atoms. The van der Waals surface area contributed by atoms with E-state index < -0.39 is 0 Å². The zero-order chi connectivity index (χ0) is 15.2. The van der Waals surface area contributed by atoms with Gasteiger partial charge in [-0.3, -0.25) is 4.90 Å². The van der Waals surface area contributed by atoms with Gasteiger partial charge in [-0.05, 0) is 32.6 Å². The predicted octanol–water partition coefficient (Wildman–Crippen LogP) is 3.72. The Bertz CT molecular complexity index is 567. The monoisotopic (exact) mass is 290 g/mol. The van der Waals surface area contributed by atoms with Crippen molar-refractivity contribution in [2.75, 3.05) is 13.6 Å². The fraction of sp³-hybridized carbons (Fsp3) is 0.412. The van der Waals surface area contributed by atoms with Crippen molar-refractivity contribution in [3.05, 3.63) is 59.3 Å².